The fraction of sp³-hybridized carbons (Fsp3) is 0.211. The Kier molecular flexibility index (Phi) is 4.62. The molecule has 1 aliphatic carbocycles. The van der Waals surface area contributed by atoms with Crippen molar-refractivity contribution in [1.29, 1.82) is 5.26 Å². The Morgan fingerprint density at radius 1 is 1.00 bits per heavy atom. The maximum Gasteiger partial charge on any atom is 0.418 e. The normalized spacial score (nSPS) is 14.7. The zero-order valence-corrected chi connectivity index (χ0v) is 13.9. The van der Waals surface area contributed by atoms with E-state index in [1.807, 2.05) is 6.07 Å². The summed E-state index contributed by atoms with van der Waals surface area (Å²) in [6.45, 7) is 0. The number of amides is 2. The Hall–Kier alpha value is -3.34. The number of nitriles is 1. The second-order valence-corrected chi connectivity index (χ2v) is 6.23. The number of alkyl halides is 3. The predicted molar refractivity (Wildman–Crippen MR) is 91.5 cm³/mol. The third kappa shape index (κ3) is 3.77. The van der Waals surface area contributed by atoms with Gasteiger partial charge < -0.3 is 10.6 Å². The molecule has 0 unspecified atom stereocenters. The van der Waals surface area contributed by atoms with E-state index in [1.165, 1.54) is 18.2 Å². The van der Waals surface area contributed by atoms with Gasteiger partial charge in [0, 0.05) is 5.69 Å². The molecule has 2 aromatic carbocycles. The number of carbonyl (C=O) groups is 2. The minimum Gasteiger partial charge on any atom is -0.325 e. The van der Waals surface area contributed by atoms with Crippen LogP contribution in [0.2, 0.25) is 0 Å². The number of rotatable bonds is 4. The number of anilines is 2. The van der Waals surface area contributed by atoms with Gasteiger partial charge in [-0.1, -0.05) is 18.2 Å². The molecule has 0 aliphatic heterocycles. The lowest BCUT2D eigenvalue weighted by Gasteiger charge is -2.18. The Bertz CT molecular complexity index is 944. The van der Waals surface area contributed by atoms with Crippen LogP contribution >= 0.6 is 0 Å². The number of nitrogens with zero attached hydrogens (tertiary/aromatic N) is 1. The summed E-state index contributed by atoms with van der Waals surface area (Å²) in [5.41, 5.74) is -2.10. The number of benzene rings is 2. The Morgan fingerprint density at radius 3 is 2.30 bits per heavy atom. The molecule has 0 atom stereocenters. The van der Waals surface area contributed by atoms with Gasteiger partial charge in [-0.3, -0.25) is 9.59 Å². The van der Waals surface area contributed by atoms with Crippen LogP contribution in [0.15, 0.2) is 48.5 Å². The molecule has 0 radical (unpaired) electrons. The minimum atomic E-state index is -4.62. The van der Waals surface area contributed by atoms with Crippen LogP contribution in [-0.2, 0) is 15.8 Å². The fourth-order valence-corrected chi connectivity index (χ4v) is 2.68. The first-order valence-electron chi connectivity index (χ1n) is 8.05. The molecular weight excluding hydrogens is 359 g/mol. The van der Waals surface area contributed by atoms with Crippen molar-refractivity contribution in [2.75, 3.05) is 10.6 Å². The minimum absolute atomic E-state index is 0.233. The Labute approximate surface area is 152 Å². The van der Waals surface area contributed by atoms with Crippen molar-refractivity contribution in [1.82, 2.24) is 0 Å². The van der Waals surface area contributed by atoms with Crippen LogP contribution in [0.5, 0.6) is 0 Å². The zero-order valence-electron chi connectivity index (χ0n) is 13.9. The molecular formula is C19H14F3N3O2. The molecule has 1 saturated carbocycles. The maximum atomic E-state index is 13.1. The van der Waals surface area contributed by atoms with Gasteiger partial charge >= 0.3 is 6.18 Å². The lowest BCUT2D eigenvalue weighted by molar-refractivity contribution is -0.137. The van der Waals surface area contributed by atoms with Crippen LogP contribution in [0.25, 0.3) is 0 Å². The molecule has 0 aromatic heterocycles. The molecule has 2 aromatic rings. The third-order valence-electron chi connectivity index (χ3n) is 4.35. The first-order chi connectivity index (χ1) is 12.8. The second-order valence-electron chi connectivity index (χ2n) is 6.23. The third-order valence-corrected chi connectivity index (χ3v) is 4.35. The Balaban J connectivity index is 1.77. The summed E-state index contributed by atoms with van der Waals surface area (Å²) in [5, 5.41) is 13.7. The lowest BCUT2D eigenvalue weighted by atomic mass is 10.0. The number of hydrogen-bond donors (Lipinski definition) is 2. The molecule has 0 saturated heterocycles. The maximum absolute atomic E-state index is 13.1. The number of halogens is 3. The van der Waals surface area contributed by atoms with Crippen molar-refractivity contribution >= 4 is 23.2 Å². The summed E-state index contributed by atoms with van der Waals surface area (Å²) in [5.74, 6) is -1.40. The monoisotopic (exact) mass is 373 g/mol. The van der Waals surface area contributed by atoms with Crippen LogP contribution < -0.4 is 10.6 Å². The van der Waals surface area contributed by atoms with Crippen molar-refractivity contribution in [3.8, 4) is 6.07 Å². The van der Waals surface area contributed by atoms with Gasteiger partial charge in [-0.25, -0.2) is 0 Å². The van der Waals surface area contributed by atoms with Gasteiger partial charge in [0.05, 0.1) is 22.9 Å². The van der Waals surface area contributed by atoms with Gasteiger partial charge in [-0.2, -0.15) is 18.4 Å². The highest BCUT2D eigenvalue weighted by molar-refractivity contribution is 6.17. The molecule has 27 heavy (non-hydrogen) atoms. The van der Waals surface area contributed by atoms with Crippen molar-refractivity contribution < 1.29 is 22.8 Å². The highest BCUT2D eigenvalue weighted by atomic mass is 19.4. The summed E-state index contributed by atoms with van der Waals surface area (Å²) in [6.07, 6.45) is -4.16. The first-order valence-corrected chi connectivity index (χ1v) is 8.05. The van der Waals surface area contributed by atoms with E-state index in [1.54, 1.807) is 18.2 Å². The van der Waals surface area contributed by atoms with Gasteiger partial charge in [0.2, 0.25) is 11.8 Å². The molecule has 1 fully saturated rings. The van der Waals surface area contributed by atoms with Crippen molar-refractivity contribution in [2.24, 2.45) is 5.41 Å². The first kappa shape index (κ1) is 18.5. The summed E-state index contributed by atoms with van der Waals surface area (Å²) in [4.78, 5) is 25.1. The van der Waals surface area contributed by atoms with Crippen molar-refractivity contribution in [2.45, 2.75) is 19.0 Å². The highest BCUT2D eigenvalue weighted by Gasteiger charge is 2.56. The van der Waals surface area contributed by atoms with E-state index in [0.717, 1.165) is 12.1 Å². The molecule has 0 spiro atoms. The predicted octanol–water partition coefficient (Wildman–Crippen LogP) is 3.93. The number of carbonyl (C=O) groups excluding carboxylic acids is 2. The largest absolute Gasteiger partial charge is 0.418 e. The molecule has 2 N–H and O–H groups in total. The number of para-hydroxylation sites is 1. The van der Waals surface area contributed by atoms with Gasteiger partial charge in [0.25, 0.3) is 0 Å². The summed E-state index contributed by atoms with van der Waals surface area (Å²) in [6, 6.07) is 12.7. The van der Waals surface area contributed by atoms with Gasteiger partial charge in [-0.15, -0.1) is 0 Å². The molecule has 3 rings (SSSR count). The van der Waals surface area contributed by atoms with Crippen LogP contribution in [0.3, 0.4) is 0 Å². The lowest BCUT2D eigenvalue weighted by Crippen LogP contribution is -2.36. The van der Waals surface area contributed by atoms with E-state index in [9.17, 15) is 22.8 Å². The number of hydrogen-bond acceptors (Lipinski definition) is 3. The fourth-order valence-electron chi connectivity index (χ4n) is 2.68. The molecule has 5 nitrogen and oxygen atoms in total. The van der Waals surface area contributed by atoms with E-state index in [0.29, 0.717) is 11.3 Å². The van der Waals surface area contributed by atoms with E-state index in [2.05, 4.69) is 10.6 Å². The average molecular weight is 373 g/mol. The molecule has 0 heterocycles. The van der Waals surface area contributed by atoms with Crippen LogP contribution in [0, 0.1) is 16.7 Å². The van der Waals surface area contributed by atoms with E-state index in [4.69, 9.17) is 5.26 Å². The summed E-state index contributed by atoms with van der Waals surface area (Å²) < 4.78 is 39.2. The summed E-state index contributed by atoms with van der Waals surface area (Å²) >= 11 is 0. The van der Waals surface area contributed by atoms with Crippen LogP contribution in [0.1, 0.15) is 24.0 Å². The standard InChI is InChI=1S/C19H14F3N3O2/c20-19(21,22)14-6-1-2-7-15(14)25-17(27)18(8-9-18)16(26)24-13-5-3-4-12(10-13)11-23/h1-7,10H,8-9H2,(H,24,26)(H,25,27). The van der Waals surface area contributed by atoms with E-state index < -0.39 is 29.0 Å². The van der Waals surface area contributed by atoms with Gasteiger partial charge in [-0.05, 0) is 43.2 Å². The molecule has 0 bridgehead atoms. The van der Waals surface area contributed by atoms with Gasteiger partial charge in [0.15, 0.2) is 0 Å². The number of nitrogens with one attached hydrogen (secondary N) is 2. The summed E-state index contributed by atoms with van der Waals surface area (Å²) in [7, 11) is 0. The highest BCUT2D eigenvalue weighted by Crippen LogP contribution is 2.48. The SMILES string of the molecule is N#Cc1cccc(NC(=O)C2(C(=O)Nc3ccccc3C(F)(F)F)CC2)c1. The van der Waals surface area contributed by atoms with Gasteiger partial charge in [0.1, 0.15) is 5.41 Å². The topological polar surface area (TPSA) is 82.0 Å². The van der Waals surface area contributed by atoms with Crippen LogP contribution in [-0.4, -0.2) is 11.8 Å². The molecule has 8 heteroatoms. The quantitative estimate of drug-likeness (QED) is 0.797. The average Bonchev–Trinajstić information content (AvgIpc) is 3.43. The molecule has 2 amide bonds. The van der Waals surface area contributed by atoms with E-state index in [-0.39, 0.29) is 18.5 Å². The van der Waals surface area contributed by atoms with Crippen molar-refractivity contribution in [3.63, 3.8) is 0 Å². The smallest absolute Gasteiger partial charge is 0.325 e. The second kappa shape index (κ2) is 6.76. The Morgan fingerprint density at radius 2 is 1.67 bits per heavy atom. The van der Waals surface area contributed by atoms with Crippen LogP contribution in [0.4, 0.5) is 24.5 Å². The van der Waals surface area contributed by atoms with Crippen molar-refractivity contribution in [3.05, 3.63) is 59.7 Å². The van der Waals surface area contributed by atoms with E-state index >= 15 is 0 Å². The molecule has 1 aliphatic rings. The molecule has 138 valence electrons. The zero-order chi connectivity index (χ0) is 19.7.